The van der Waals surface area contributed by atoms with Gasteiger partial charge in [0.2, 0.25) is 0 Å². The Morgan fingerprint density at radius 1 is 1.33 bits per heavy atom. The highest BCUT2D eigenvalue weighted by Gasteiger charge is 2.31. The van der Waals surface area contributed by atoms with Gasteiger partial charge in [0.15, 0.2) is 0 Å². The molecule has 4 nitrogen and oxygen atoms in total. The minimum absolute atomic E-state index is 0.0196. The van der Waals surface area contributed by atoms with Crippen LogP contribution in [0.1, 0.15) is 33.1 Å². The normalized spacial score (nSPS) is 25.7. The van der Waals surface area contributed by atoms with Crippen molar-refractivity contribution in [2.24, 2.45) is 0 Å². The Morgan fingerprint density at radius 2 is 2.14 bits per heavy atom. The first-order valence-corrected chi connectivity index (χ1v) is 7.69. The van der Waals surface area contributed by atoms with Crippen molar-refractivity contribution < 1.29 is 4.74 Å². The van der Waals surface area contributed by atoms with Crippen molar-refractivity contribution in [2.75, 3.05) is 11.9 Å². The molecule has 2 unspecified atom stereocenters. The molecule has 1 aliphatic heterocycles. The second kappa shape index (κ2) is 5.90. The number of hydrogen-bond donors (Lipinski definition) is 2. The van der Waals surface area contributed by atoms with E-state index in [9.17, 15) is 0 Å². The predicted molar refractivity (Wildman–Crippen MR) is 85.3 cm³/mol. The molecule has 2 atom stereocenters. The van der Waals surface area contributed by atoms with Crippen LogP contribution >= 0.6 is 0 Å². The van der Waals surface area contributed by atoms with Crippen LogP contribution in [0.15, 0.2) is 36.5 Å². The average molecular weight is 285 g/mol. The van der Waals surface area contributed by atoms with Crippen LogP contribution in [0, 0.1) is 0 Å². The first kappa shape index (κ1) is 14.1. The summed E-state index contributed by atoms with van der Waals surface area (Å²) in [6, 6.07) is 11.0. The maximum atomic E-state index is 5.90. The SMILES string of the molecule is CCC1(C)CC(Nc2ccc(-c3ccn[nH]3)cc2)CCO1. The van der Waals surface area contributed by atoms with E-state index in [1.807, 2.05) is 6.07 Å². The number of benzene rings is 1. The molecule has 112 valence electrons. The Balaban J connectivity index is 1.65. The lowest BCUT2D eigenvalue weighted by molar-refractivity contribution is -0.0708. The quantitative estimate of drug-likeness (QED) is 0.897. The van der Waals surface area contributed by atoms with Crippen LogP contribution in [0.3, 0.4) is 0 Å². The molecule has 4 heteroatoms. The van der Waals surface area contributed by atoms with Crippen molar-refractivity contribution in [3.05, 3.63) is 36.5 Å². The van der Waals surface area contributed by atoms with Crippen molar-refractivity contribution in [3.63, 3.8) is 0 Å². The molecule has 0 amide bonds. The topological polar surface area (TPSA) is 49.9 Å². The molecule has 0 radical (unpaired) electrons. The third kappa shape index (κ3) is 3.27. The fraction of sp³-hybridized carbons (Fsp3) is 0.471. The van der Waals surface area contributed by atoms with Gasteiger partial charge in [-0.3, -0.25) is 5.10 Å². The number of H-pyrrole nitrogens is 1. The van der Waals surface area contributed by atoms with Crippen molar-refractivity contribution in [3.8, 4) is 11.3 Å². The molecule has 0 saturated carbocycles. The number of rotatable bonds is 4. The van der Waals surface area contributed by atoms with Crippen LogP contribution in [0.5, 0.6) is 0 Å². The molecule has 21 heavy (non-hydrogen) atoms. The lowest BCUT2D eigenvalue weighted by Crippen LogP contribution is -2.41. The molecule has 0 aliphatic carbocycles. The summed E-state index contributed by atoms with van der Waals surface area (Å²) in [6.07, 6.45) is 4.96. The first-order chi connectivity index (χ1) is 10.2. The minimum Gasteiger partial charge on any atom is -0.382 e. The van der Waals surface area contributed by atoms with E-state index >= 15 is 0 Å². The Bertz CT molecular complexity index is 564. The monoisotopic (exact) mass is 285 g/mol. The number of aromatic amines is 1. The summed E-state index contributed by atoms with van der Waals surface area (Å²) in [4.78, 5) is 0. The van der Waals surface area contributed by atoms with Gasteiger partial charge in [-0.05, 0) is 49.9 Å². The number of nitrogens with one attached hydrogen (secondary N) is 2. The van der Waals surface area contributed by atoms with Gasteiger partial charge in [0.25, 0.3) is 0 Å². The minimum atomic E-state index is 0.0196. The van der Waals surface area contributed by atoms with Crippen LogP contribution in [0.2, 0.25) is 0 Å². The molecular weight excluding hydrogens is 262 g/mol. The van der Waals surface area contributed by atoms with Crippen molar-refractivity contribution >= 4 is 5.69 Å². The Morgan fingerprint density at radius 3 is 2.81 bits per heavy atom. The van der Waals surface area contributed by atoms with E-state index in [-0.39, 0.29) is 5.60 Å². The Hall–Kier alpha value is -1.81. The number of nitrogens with zero attached hydrogens (tertiary/aromatic N) is 1. The van der Waals surface area contributed by atoms with E-state index in [1.54, 1.807) is 6.20 Å². The van der Waals surface area contributed by atoms with Gasteiger partial charge >= 0.3 is 0 Å². The Kier molecular flexibility index (Phi) is 3.97. The molecule has 2 heterocycles. The molecule has 0 spiro atoms. The molecule has 1 saturated heterocycles. The molecule has 1 aliphatic rings. The van der Waals surface area contributed by atoms with E-state index < -0.39 is 0 Å². The second-order valence-electron chi connectivity index (χ2n) is 6.03. The summed E-state index contributed by atoms with van der Waals surface area (Å²) >= 11 is 0. The molecule has 0 bridgehead atoms. The van der Waals surface area contributed by atoms with Gasteiger partial charge in [-0.25, -0.2) is 0 Å². The molecule has 1 aromatic carbocycles. The molecule has 1 fully saturated rings. The fourth-order valence-corrected chi connectivity index (χ4v) is 2.90. The van der Waals surface area contributed by atoms with Gasteiger partial charge in [0, 0.05) is 24.5 Å². The number of anilines is 1. The standard InChI is InChI=1S/C17H23N3O/c1-3-17(2)12-15(9-11-21-17)19-14-6-4-13(5-7-14)16-8-10-18-20-16/h4-8,10,15,19H,3,9,11-12H2,1-2H3,(H,18,20). The summed E-state index contributed by atoms with van der Waals surface area (Å²) in [5.74, 6) is 0. The smallest absolute Gasteiger partial charge is 0.0671 e. The van der Waals surface area contributed by atoms with E-state index in [2.05, 4.69) is 53.6 Å². The summed E-state index contributed by atoms with van der Waals surface area (Å²) in [5, 5.41) is 10.6. The summed E-state index contributed by atoms with van der Waals surface area (Å²) in [7, 11) is 0. The highest BCUT2D eigenvalue weighted by Crippen LogP contribution is 2.30. The van der Waals surface area contributed by atoms with Crippen molar-refractivity contribution in [2.45, 2.75) is 44.8 Å². The molecule has 2 aromatic rings. The lowest BCUT2D eigenvalue weighted by atomic mass is 9.90. The third-order valence-electron chi connectivity index (χ3n) is 4.41. The van der Waals surface area contributed by atoms with Gasteiger partial charge in [0.05, 0.1) is 11.3 Å². The number of hydrogen-bond acceptors (Lipinski definition) is 3. The number of ether oxygens (including phenoxy) is 1. The van der Waals surface area contributed by atoms with E-state index in [1.165, 1.54) is 5.69 Å². The van der Waals surface area contributed by atoms with Gasteiger partial charge in [0.1, 0.15) is 0 Å². The van der Waals surface area contributed by atoms with Crippen molar-refractivity contribution in [1.82, 2.24) is 10.2 Å². The second-order valence-corrected chi connectivity index (χ2v) is 6.03. The summed E-state index contributed by atoms with van der Waals surface area (Å²) < 4.78 is 5.90. The van der Waals surface area contributed by atoms with Crippen LogP contribution in [0.4, 0.5) is 5.69 Å². The van der Waals surface area contributed by atoms with Crippen molar-refractivity contribution in [1.29, 1.82) is 0 Å². The van der Waals surface area contributed by atoms with Crippen LogP contribution in [0.25, 0.3) is 11.3 Å². The lowest BCUT2D eigenvalue weighted by Gasteiger charge is -2.38. The fourth-order valence-electron chi connectivity index (χ4n) is 2.90. The zero-order valence-corrected chi connectivity index (χ0v) is 12.7. The molecule has 2 N–H and O–H groups in total. The van der Waals surface area contributed by atoms with Crippen LogP contribution in [-0.2, 0) is 4.74 Å². The van der Waals surface area contributed by atoms with E-state index in [0.29, 0.717) is 6.04 Å². The zero-order valence-electron chi connectivity index (χ0n) is 12.7. The average Bonchev–Trinajstić information content (AvgIpc) is 3.02. The summed E-state index contributed by atoms with van der Waals surface area (Å²) in [6.45, 7) is 5.25. The van der Waals surface area contributed by atoms with E-state index in [0.717, 1.165) is 37.1 Å². The van der Waals surface area contributed by atoms with E-state index in [4.69, 9.17) is 4.74 Å². The van der Waals surface area contributed by atoms with Gasteiger partial charge in [-0.15, -0.1) is 0 Å². The highest BCUT2D eigenvalue weighted by atomic mass is 16.5. The first-order valence-electron chi connectivity index (χ1n) is 7.69. The Labute approximate surface area is 125 Å². The predicted octanol–water partition coefficient (Wildman–Crippen LogP) is 3.84. The van der Waals surface area contributed by atoms with Gasteiger partial charge in [-0.2, -0.15) is 5.10 Å². The molecule has 1 aromatic heterocycles. The highest BCUT2D eigenvalue weighted by molar-refractivity contribution is 5.62. The zero-order chi connectivity index (χ0) is 14.7. The maximum absolute atomic E-state index is 5.90. The van der Waals surface area contributed by atoms with Crippen LogP contribution < -0.4 is 5.32 Å². The van der Waals surface area contributed by atoms with Gasteiger partial charge < -0.3 is 10.1 Å². The third-order valence-corrected chi connectivity index (χ3v) is 4.41. The summed E-state index contributed by atoms with van der Waals surface area (Å²) in [5.41, 5.74) is 3.39. The maximum Gasteiger partial charge on any atom is 0.0671 e. The van der Waals surface area contributed by atoms with Gasteiger partial charge in [-0.1, -0.05) is 19.1 Å². The molecule has 3 rings (SSSR count). The molecular formula is C17H23N3O. The number of aromatic nitrogens is 2. The van der Waals surface area contributed by atoms with Crippen LogP contribution in [-0.4, -0.2) is 28.4 Å². The largest absolute Gasteiger partial charge is 0.382 e.